The summed E-state index contributed by atoms with van der Waals surface area (Å²) in [6, 6.07) is 7.22. The Balaban J connectivity index is 2.50. The van der Waals surface area contributed by atoms with Crippen molar-refractivity contribution < 1.29 is 9.53 Å². The molecule has 0 aliphatic heterocycles. The van der Waals surface area contributed by atoms with Crippen LogP contribution in [0.1, 0.15) is 0 Å². The first-order valence-electron chi connectivity index (χ1n) is 3.60. The highest BCUT2D eigenvalue weighted by atomic mass is 79.9. The minimum absolute atomic E-state index is 0.0764. The van der Waals surface area contributed by atoms with Crippen LogP contribution in [0.25, 0.3) is 0 Å². The molecule has 0 bridgehead atoms. The molecule has 0 atom stereocenters. The molecule has 70 valence electrons. The number of carbonyl (C=O) groups excluding carboxylic acids is 1. The number of hydrogen-bond acceptors (Lipinski definition) is 3. The van der Waals surface area contributed by atoms with Gasteiger partial charge in [0.1, 0.15) is 5.75 Å². The first kappa shape index (κ1) is 10.0. The molecule has 13 heavy (non-hydrogen) atoms. The van der Waals surface area contributed by atoms with E-state index >= 15 is 0 Å². The predicted molar refractivity (Wildman–Crippen MR) is 52.0 cm³/mol. The van der Waals surface area contributed by atoms with E-state index in [0.717, 1.165) is 4.47 Å². The number of nitrogens with one attached hydrogen (secondary N) is 1. The number of halogens is 1. The third-order valence-corrected chi connectivity index (χ3v) is 1.82. The summed E-state index contributed by atoms with van der Waals surface area (Å²) in [5.41, 5.74) is 1.97. The van der Waals surface area contributed by atoms with Gasteiger partial charge >= 0.3 is 0 Å². The van der Waals surface area contributed by atoms with Crippen LogP contribution in [0.3, 0.4) is 0 Å². The van der Waals surface area contributed by atoms with Gasteiger partial charge in [0.2, 0.25) is 0 Å². The van der Waals surface area contributed by atoms with Gasteiger partial charge in [0.15, 0.2) is 6.61 Å². The molecule has 0 fully saturated rings. The number of ether oxygens (including phenoxy) is 1. The Morgan fingerprint density at radius 3 is 3.00 bits per heavy atom. The Bertz CT molecular complexity index is 304. The molecule has 0 radical (unpaired) electrons. The summed E-state index contributed by atoms with van der Waals surface area (Å²) in [5, 5.41) is 0. The van der Waals surface area contributed by atoms with E-state index in [1.807, 2.05) is 17.6 Å². The Kier molecular flexibility index (Phi) is 3.72. The molecule has 4 nitrogen and oxygen atoms in total. The van der Waals surface area contributed by atoms with Crippen molar-refractivity contribution in [3.8, 4) is 5.75 Å². The van der Waals surface area contributed by atoms with E-state index in [-0.39, 0.29) is 12.5 Å². The van der Waals surface area contributed by atoms with Crippen LogP contribution in [0.2, 0.25) is 0 Å². The van der Waals surface area contributed by atoms with Crippen molar-refractivity contribution in [1.29, 1.82) is 0 Å². The number of benzene rings is 1. The van der Waals surface area contributed by atoms with Gasteiger partial charge in [-0.3, -0.25) is 10.2 Å². The van der Waals surface area contributed by atoms with Crippen molar-refractivity contribution >= 4 is 21.8 Å². The van der Waals surface area contributed by atoms with Gasteiger partial charge in [0, 0.05) is 4.47 Å². The first-order valence-corrected chi connectivity index (χ1v) is 4.39. The van der Waals surface area contributed by atoms with Crippen molar-refractivity contribution in [2.45, 2.75) is 0 Å². The summed E-state index contributed by atoms with van der Waals surface area (Å²) in [7, 11) is 0. The van der Waals surface area contributed by atoms with E-state index in [9.17, 15) is 4.79 Å². The van der Waals surface area contributed by atoms with Gasteiger partial charge in [-0.2, -0.15) is 0 Å². The molecule has 1 amide bonds. The molecule has 0 saturated carbocycles. The zero-order valence-electron chi connectivity index (χ0n) is 6.79. The van der Waals surface area contributed by atoms with Crippen LogP contribution in [0.5, 0.6) is 5.75 Å². The van der Waals surface area contributed by atoms with Crippen molar-refractivity contribution in [2.75, 3.05) is 6.61 Å². The summed E-state index contributed by atoms with van der Waals surface area (Å²) in [6.45, 7) is -0.0764. The lowest BCUT2D eigenvalue weighted by molar-refractivity contribution is -0.123. The van der Waals surface area contributed by atoms with Crippen LogP contribution < -0.4 is 16.0 Å². The molecule has 0 aromatic heterocycles. The van der Waals surface area contributed by atoms with Crippen LogP contribution in [0.4, 0.5) is 0 Å². The maximum atomic E-state index is 10.7. The van der Waals surface area contributed by atoms with Crippen LogP contribution in [0.15, 0.2) is 28.7 Å². The number of carbonyl (C=O) groups is 1. The SMILES string of the molecule is NNC(=O)COc1cccc(Br)c1. The minimum atomic E-state index is -0.361. The van der Waals surface area contributed by atoms with Gasteiger partial charge in [-0.1, -0.05) is 22.0 Å². The van der Waals surface area contributed by atoms with E-state index in [2.05, 4.69) is 15.9 Å². The summed E-state index contributed by atoms with van der Waals surface area (Å²) in [4.78, 5) is 10.7. The number of hydrogen-bond donors (Lipinski definition) is 2. The van der Waals surface area contributed by atoms with Crippen molar-refractivity contribution in [3.05, 3.63) is 28.7 Å². The smallest absolute Gasteiger partial charge is 0.271 e. The second-order valence-electron chi connectivity index (χ2n) is 2.31. The molecule has 0 saturated heterocycles. The number of nitrogens with two attached hydrogens (primary N) is 1. The zero-order valence-corrected chi connectivity index (χ0v) is 8.37. The van der Waals surface area contributed by atoms with Crippen molar-refractivity contribution in [3.63, 3.8) is 0 Å². The Hall–Kier alpha value is -1.07. The lowest BCUT2D eigenvalue weighted by Crippen LogP contribution is -2.34. The summed E-state index contributed by atoms with van der Waals surface area (Å²) < 4.78 is 6.02. The lowest BCUT2D eigenvalue weighted by atomic mass is 10.3. The van der Waals surface area contributed by atoms with Gasteiger partial charge < -0.3 is 4.74 Å². The van der Waals surface area contributed by atoms with Crippen molar-refractivity contribution in [2.24, 2.45) is 5.84 Å². The van der Waals surface area contributed by atoms with Gasteiger partial charge in [0.05, 0.1) is 0 Å². The topological polar surface area (TPSA) is 64.3 Å². The lowest BCUT2D eigenvalue weighted by Gasteiger charge is -2.04. The van der Waals surface area contributed by atoms with Gasteiger partial charge in [0.25, 0.3) is 5.91 Å². The maximum Gasteiger partial charge on any atom is 0.271 e. The molecule has 5 heteroatoms. The normalized spacial score (nSPS) is 9.38. The highest BCUT2D eigenvalue weighted by molar-refractivity contribution is 9.10. The molecule has 0 unspecified atom stereocenters. The molecule has 0 spiro atoms. The Morgan fingerprint density at radius 2 is 2.38 bits per heavy atom. The minimum Gasteiger partial charge on any atom is -0.484 e. The van der Waals surface area contributed by atoms with Crippen LogP contribution >= 0.6 is 15.9 Å². The van der Waals surface area contributed by atoms with Gasteiger partial charge in [-0.25, -0.2) is 5.84 Å². The monoisotopic (exact) mass is 244 g/mol. The molecule has 0 heterocycles. The van der Waals surface area contributed by atoms with E-state index in [1.54, 1.807) is 12.1 Å². The first-order chi connectivity index (χ1) is 6.22. The number of amides is 1. The highest BCUT2D eigenvalue weighted by Crippen LogP contribution is 2.17. The van der Waals surface area contributed by atoms with Crippen LogP contribution in [-0.4, -0.2) is 12.5 Å². The molecule has 1 aromatic carbocycles. The predicted octanol–water partition coefficient (Wildman–Crippen LogP) is 0.818. The Morgan fingerprint density at radius 1 is 1.62 bits per heavy atom. The standard InChI is InChI=1S/C8H9BrN2O2/c9-6-2-1-3-7(4-6)13-5-8(12)11-10/h1-4H,5,10H2,(H,11,12). The van der Waals surface area contributed by atoms with Crippen LogP contribution in [-0.2, 0) is 4.79 Å². The summed E-state index contributed by atoms with van der Waals surface area (Å²) >= 11 is 3.28. The molecule has 1 rings (SSSR count). The molecule has 3 N–H and O–H groups in total. The second-order valence-corrected chi connectivity index (χ2v) is 3.23. The average Bonchev–Trinajstić information content (AvgIpc) is 2.14. The van der Waals surface area contributed by atoms with Crippen molar-refractivity contribution in [1.82, 2.24) is 5.43 Å². The largest absolute Gasteiger partial charge is 0.484 e. The molecular formula is C8H9BrN2O2. The third-order valence-electron chi connectivity index (χ3n) is 1.33. The fourth-order valence-corrected chi connectivity index (χ4v) is 1.13. The summed E-state index contributed by atoms with van der Waals surface area (Å²) in [5.74, 6) is 5.14. The number of rotatable bonds is 3. The molecule has 0 aliphatic carbocycles. The van der Waals surface area contributed by atoms with Gasteiger partial charge in [-0.15, -0.1) is 0 Å². The quantitative estimate of drug-likeness (QED) is 0.470. The van der Waals surface area contributed by atoms with Gasteiger partial charge in [-0.05, 0) is 18.2 Å². The summed E-state index contributed by atoms with van der Waals surface area (Å²) in [6.07, 6.45) is 0. The average molecular weight is 245 g/mol. The van der Waals surface area contributed by atoms with Crippen LogP contribution in [0, 0.1) is 0 Å². The second kappa shape index (κ2) is 4.84. The van der Waals surface area contributed by atoms with E-state index < -0.39 is 0 Å². The fourth-order valence-electron chi connectivity index (χ4n) is 0.747. The molecular weight excluding hydrogens is 236 g/mol. The van der Waals surface area contributed by atoms with E-state index in [4.69, 9.17) is 10.6 Å². The Labute approximate surface area is 84.2 Å². The molecule has 0 aliphatic rings. The van der Waals surface area contributed by atoms with E-state index in [0.29, 0.717) is 5.75 Å². The maximum absolute atomic E-state index is 10.7. The highest BCUT2D eigenvalue weighted by Gasteiger charge is 1.99. The fraction of sp³-hybridized carbons (Fsp3) is 0.125. The third kappa shape index (κ3) is 3.43. The number of hydrazine groups is 1. The van der Waals surface area contributed by atoms with E-state index in [1.165, 1.54) is 0 Å². The molecule has 1 aromatic rings. The zero-order chi connectivity index (χ0) is 9.68.